The molecule has 0 saturated carbocycles. The third-order valence-corrected chi connectivity index (χ3v) is 1.30. The van der Waals surface area contributed by atoms with Crippen molar-refractivity contribution in [1.29, 1.82) is 0 Å². The molecule has 1 heterocycles. The van der Waals surface area contributed by atoms with E-state index in [1.807, 2.05) is 13.0 Å². The normalized spacial score (nSPS) is 8.75. The summed E-state index contributed by atoms with van der Waals surface area (Å²) in [7, 11) is 0. The lowest BCUT2D eigenvalue weighted by Crippen LogP contribution is -2.01. The second-order valence-corrected chi connectivity index (χ2v) is 2.40. The maximum absolute atomic E-state index is 10.2. The summed E-state index contributed by atoms with van der Waals surface area (Å²) in [5.41, 5.74) is 1.64. The van der Waals surface area contributed by atoms with Crippen LogP contribution in [-0.4, -0.2) is 16.1 Å². The molecule has 1 N–H and O–H groups in total. The van der Waals surface area contributed by atoms with Gasteiger partial charge in [-0.05, 0) is 18.6 Å². The van der Waals surface area contributed by atoms with Crippen LogP contribution in [0, 0.1) is 6.92 Å². The van der Waals surface area contributed by atoms with Gasteiger partial charge in [-0.15, -0.1) is 12.4 Å². The number of aromatic nitrogens is 1. The third kappa shape index (κ3) is 3.34. The van der Waals surface area contributed by atoms with E-state index in [1.54, 1.807) is 12.3 Å². The molecule has 0 amide bonds. The molecule has 12 heavy (non-hydrogen) atoms. The average molecular weight is 188 g/mol. The highest BCUT2D eigenvalue weighted by Gasteiger charge is 1.99. The maximum Gasteiger partial charge on any atom is 0.309 e. The van der Waals surface area contributed by atoms with Crippen molar-refractivity contribution in [2.75, 3.05) is 0 Å². The molecule has 4 heteroatoms. The minimum absolute atomic E-state index is 0. The molecule has 0 fully saturated rings. The Morgan fingerprint density at radius 2 is 2.25 bits per heavy atom. The van der Waals surface area contributed by atoms with Gasteiger partial charge in [0, 0.05) is 6.20 Å². The van der Waals surface area contributed by atoms with E-state index in [0.29, 0.717) is 5.69 Å². The van der Waals surface area contributed by atoms with Gasteiger partial charge in [0.2, 0.25) is 0 Å². The summed E-state index contributed by atoms with van der Waals surface area (Å²) in [6.45, 7) is 1.91. The summed E-state index contributed by atoms with van der Waals surface area (Å²) in [5, 5.41) is 8.40. The van der Waals surface area contributed by atoms with Gasteiger partial charge in [-0.3, -0.25) is 9.78 Å². The minimum Gasteiger partial charge on any atom is -0.481 e. The number of halogens is 1. The van der Waals surface area contributed by atoms with Crippen molar-refractivity contribution in [3.63, 3.8) is 0 Å². The Morgan fingerprint density at radius 3 is 2.67 bits per heavy atom. The molecule has 0 radical (unpaired) electrons. The molecule has 1 aromatic heterocycles. The SMILES string of the molecule is Cc1ccc(CC(=O)O)nc1.Cl. The summed E-state index contributed by atoms with van der Waals surface area (Å²) in [6, 6.07) is 3.58. The van der Waals surface area contributed by atoms with E-state index in [4.69, 9.17) is 5.11 Å². The fourth-order valence-corrected chi connectivity index (χ4v) is 0.758. The van der Waals surface area contributed by atoms with Gasteiger partial charge in [0.05, 0.1) is 12.1 Å². The second kappa shape index (κ2) is 4.72. The molecule has 0 aliphatic rings. The summed E-state index contributed by atoms with van der Waals surface area (Å²) < 4.78 is 0. The Labute approximate surface area is 76.9 Å². The lowest BCUT2D eigenvalue weighted by Gasteiger charge is -1.95. The van der Waals surface area contributed by atoms with E-state index in [-0.39, 0.29) is 18.8 Å². The predicted molar refractivity (Wildman–Crippen MR) is 47.6 cm³/mol. The van der Waals surface area contributed by atoms with Crippen LogP contribution >= 0.6 is 12.4 Å². The zero-order valence-corrected chi connectivity index (χ0v) is 7.47. The molecule has 0 spiro atoms. The highest BCUT2D eigenvalue weighted by atomic mass is 35.5. The molecule has 1 aromatic rings. The van der Waals surface area contributed by atoms with Crippen LogP contribution in [0.15, 0.2) is 18.3 Å². The number of aliphatic carboxylic acids is 1. The van der Waals surface area contributed by atoms with E-state index < -0.39 is 5.97 Å². The van der Waals surface area contributed by atoms with Crippen molar-refractivity contribution in [3.8, 4) is 0 Å². The first-order valence-corrected chi connectivity index (χ1v) is 3.32. The molecule has 0 aromatic carbocycles. The summed E-state index contributed by atoms with van der Waals surface area (Å²) in [6.07, 6.45) is 1.67. The van der Waals surface area contributed by atoms with Crippen LogP contribution in [0.1, 0.15) is 11.3 Å². The van der Waals surface area contributed by atoms with E-state index in [0.717, 1.165) is 5.56 Å². The minimum atomic E-state index is -0.846. The van der Waals surface area contributed by atoms with Crippen molar-refractivity contribution in [3.05, 3.63) is 29.6 Å². The standard InChI is InChI=1S/C8H9NO2.ClH/c1-6-2-3-7(9-5-6)4-8(10)11;/h2-3,5H,4H2,1H3,(H,10,11);1H. The first-order valence-electron chi connectivity index (χ1n) is 3.32. The van der Waals surface area contributed by atoms with Gasteiger partial charge in [-0.25, -0.2) is 0 Å². The van der Waals surface area contributed by atoms with Gasteiger partial charge < -0.3 is 5.11 Å². The molecule has 0 atom stereocenters. The molecule has 66 valence electrons. The van der Waals surface area contributed by atoms with E-state index >= 15 is 0 Å². The summed E-state index contributed by atoms with van der Waals surface area (Å²) in [4.78, 5) is 14.2. The van der Waals surface area contributed by atoms with Crippen LogP contribution in [0.3, 0.4) is 0 Å². The summed E-state index contributed by atoms with van der Waals surface area (Å²) in [5.74, 6) is -0.846. The van der Waals surface area contributed by atoms with Crippen LogP contribution in [0.4, 0.5) is 0 Å². The van der Waals surface area contributed by atoms with Crippen molar-refractivity contribution in [2.45, 2.75) is 13.3 Å². The number of rotatable bonds is 2. The summed E-state index contributed by atoms with van der Waals surface area (Å²) >= 11 is 0. The van der Waals surface area contributed by atoms with Gasteiger partial charge in [-0.2, -0.15) is 0 Å². The van der Waals surface area contributed by atoms with Crippen LogP contribution in [0.25, 0.3) is 0 Å². The quantitative estimate of drug-likeness (QED) is 0.762. The number of hydrogen-bond donors (Lipinski definition) is 1. The highest BCUT2D eigenvalue weighted by molar-refractivity contribution is 5.85. The fraction of sp³-hybridized carbons (Fsp3) is 0.250. The Morgan fingerprint density at radius 1 is 1.58 bits per heavy atom. The number of nitrogens with zero attached hydrogens (tertiary/aromatic N) is 1. The van der Waals surface area contributed by atoms with Crippen molar-refractivity contribution < 1.29 is 9.90 Å². The van der Waals surface area contributed by atoms with Crippen molar-refractivity contribution in [1.82, 2.24) is 4.98 Å². The molecular formula is C8H10ClNO2. The van der Waals surface area contributed by atoms with E-state index in [1.165, 1.54) is 0 Å². The molecule has 0 unspecified atom stereocenters. The number of carboxylic acid groups (broad SMARTS) is 1. The lowest BCUT2D eigenvalue weighted by molar-refractivity contribution is -0.136. The maximum atomic E-state index is 10.2. The van der Waals surface area contributed by atoms with Crippen LogP contribution in [0.2, 0.25) is 0 Å². The number of aryl methyl sites for hydroxylation is 1. The first-order chi connectivity index (χ1) is 5.18. The van der Waals surface area contributed by atoms with Crippen molar-refractivity contribution >= 4 is 18.4 Å². The molecule has 0 saturated heterocycles. The Kier molecular flexibility index (Phi) is 4.29. The molecule has 3 nitrogen and oxygen atoms in total. The van der Waals surface area contributed by atoms with Gasteiger partial charge in [0.25, 0.3) is 0 Å². The third-order valence-electron chi connectivity index (χ3n) is 1.30. The Balaban J connectivity index is 0.00000121. The first kappa shape index (κ1) is 10.9. The number of pyridine rings is 1. The lowest BCUT2D eigenvalue weighted by atomic mass is 10.2. The average Bonchev–Trinajstić information content (AvgIpc) is 1.93. The van der Waals surface area contributed by atoms with Crippen LogP contribution < -0.4 is 0 Å². The van der Waals surface area contributed by atoms with E-state index in [2.05, 4.69) is 4.98 Å². The molecular weight excluding hydrogens is 178 g/mol. The Bertz CT molecular complexity index is 258. The Hall–Kier alpha value is -1.09. The van der Waals surface area contributed by atoms with Gasteiger partial charge in [0.15, 0.2) is 0 Å². The topological polar surface area (TPSA) is 50.2 Å². The highest BCUT2D eigenvalue weighted by Crippen LogP contribution is 1.98. The largest absolute Gasteiger partial charge is 0.481 e. The predicted octanol–water partition coefficient (Wildman–Crippen LogP) is 1.44. The van der Waals surface area contributed by atoms with Gasteiger partial charge in [0.1, 0.15) is 0 Å². The van der Waals surface area contributed by atoms with Gasteiger partial charge in [-0.1, -0.05) is 6.07 Å². The monoisotopic (exact) mass is 187 g/mol. The number of hydrogen-bond acceptors (Lipinski definition) is 2. The molecule has 0 aliphatic carbocycles. The van der Waals surface area contributed by atoms with E-state index in [9.17, 15) is 4.79 Å². The van der Waals surface area contributed by atoms with Crippen molar-refractivity contribution in [2.24, 2.45) is 0 Å². The number of carboxylic acids is 1. The van der Waals surface area contributed by atoms with Crippen LogP contribution in [-0.2, 0) is 11.2 Å². The molecule has 0 aliphatic heterocycles. The smallest absolute Gasteiger partial charge is 0.309 e. The van der Waals surface area contributed by atoms with Gasteiger partial charge >= 0.3 is 5.97 Å². The zero-order chi connectivity index (χ0) is 8.27. The zero-order valence-electron chi connectivity index (χ0n) is 6.65. The molecule has 1 rings (SSSR count). The number of carbonyl (C=O) groups is 1. The fourth-order valence-electron chi connectivity index (χ4n) is 0.758. The van der Waals surface area contributed by atoms with Crippen LogP contribution in [0.5, 0.6) is 0 Å². The second-order valence-electron chi connectivity index (χ2n) is 2.40. The molecule has 0 bridgehead atoms.